The van der Waals surface area contributed by atoms with E-state index in [1.807, 2.05) is 60.1 Å². The van der Waals surface area contributed by atoms with Gasteiger partial charge in [0.2, 0.25) is 0 Å². The molecule has 0 fully saturated rings. The highest BCUT2D eigenvalue weighted by Crippen LogP contribution is 2.32. The van der Waals surface area contributed by atoms with Crippen LogP contribution in [0.3, 0.4) is 0 Å². The van der Waals surface area contributed by atoms with E-state index in [2.05, 4.69) is 0 Å². The predicted octanol–water partition coefficient (Wildman–Crippen LogP) is 4.70. The van der Waals surface area contributed by atoms with Crippen LogP contribution in [-0.2, 0) is 9.47 Å². The van der Waals surface area contributed by atoms with Gasteiger partial charge in [-0.05, 0) is 44.2 Å². The first-order chi connectivity index (χ1) is 15.5. The number of benzene rings is 2. The van der Waals surface area contributed by atoms with Crippen LogP contribution in [0, 0.1) is 6.92 Å². The maximum Gasteiger partial charge on any atom is 0.356 e. The highest BCUT2D eigenvalue weighted by Gasteiger charge is 2.25. The number of nitrogens with zero attached hydrogens (tertiary/aromatic N) is 2. The predicted molar refractivity (Wildman–Crippen MR) is 121 cm³/mol. The summed E-state index contributed by atoms with van der Waals surface area (Å²) in [6, 6.07) is 18.8. The Morgan fingerprint density at radius 2 is 1.66 bits per heavy atom. The molecule has 0 spiro atoms. The molecule has 0 radical (unpaired) electrons. The number of methoxy groups -OCH3 is 2. The van der Waals surface area contributed by atoms with Crippen LogP contribution in [0.5, 0.6) is 5.75 Å². The Hall–Kier alpha value is -4.00. The summed E-state index contributed by atoms with van der Waals surface area (Å²) in [5, 5.41) is 0.805. The minimum absolute atomic E-state index is 0.243. The smallest absolute Gasteiger partial charge is 0.356 e. The molecular formula is C25H24N2O5. The Morgan fingerprint density at radius 3 is 2.31 bits per heavy atom. The average Bonchev–Trinajstić information content (AvgIpc) is 3.36. The normalized spacial score (nSPS) is 10.9. The standard InChI is InChI=1S/C25H24N2O5/c1-5-32-25(29)23-14-18-13-19(30-3)11-12-21(18)27(23)26-16(2)20(24(28)31-4)15-22(26)17-9-7-6-8-10-17/h6-15H,5H2,1-4H3. The SMILES string of the molecule is CCOC(=O)c1cc2cc(OC)ccc2n1-n1c(-c2ccccc2)cc(C(=O)OC)c1C. The van der Waals surface area contributed by atoms with Gasteiger partial charge in [0.15, 0.2) is 0 Å². The molecule has 0 amide bonds. The summed E-state index contributed by atoms with van der Waals surface area (Å²) >= 11 is 0. The summed E-state index contributed by atoms with van der Waals surface area (Å²) in [7, 11) is 2.94. The van der Waals surface area contributed by atoms with Crippen LogP contribution in [0.15, 0.2) is 60.7 Å². The number of carbonyl (C=O) groups excluding carboxylic acids is 2. The van der Waals surface area contributed by atoms with Gasteiger partial charge in [-0.1, -0.05) is 30.3 Å². The van der Waals surface area contributed by atoms with Crippen LogP contribution < -0.4 is 4.74 Å². The first kappa shape index (κ1) is 21.2. The molecule has 0 unspecified atom stereocenters. The summed E-state index contributed by atoms with van der Waals surface area (Å²) in [6.07, 6.45) is 0. The molecule has 0 saturated carbocycles. The minimum atomic E-state index is -0.464. The minimum Gasteiger partial charge on any atom is -0.497 e. The van der Waals surface area contributed by atoms with Gasteiger partial charge in [0.25, 0.3) is 0 Å². The van der Waals surface area contributed by atoms with Crippen LogP contribution in [-0.4, -0.2) is 42.1 Å². The second kappa shape index (κ2) is 8.63. The topological polar surface area (TPSA) is 71.7 Å². The van der Waals surface area contributed by atoms with Gasteiger partial charge in [-0.25, -0.2) is 14.3 Å². The lowest BCUT2D eigenvalue weighted by molar-refractivity contribution is 0.0512. The third-order valence-electron chi connectivity index (χ3n) is 5.36. The van der Waals surface area contributed by atoms with Crippen LogP contribution in [0.1, 0.15) is 33.5 Å². The van der Waals surface area contributed by atoms with Gasteiger partial charge in [0.1, 0.15) is 11.4 Å². The highest BCUT2D eigenvalue weighted by molar-refractivity contribution is 5.97. The second-order valence-corrected chi connectivity index (χ2v) is 7.18. The largest absolute Gasteiger partial charge is 0.497 e. The fourth-order valence-electron chi connectivity index (χ4n) is 3.86. The second-order valence-electron chi connectivity index (χ2n) is 7.18. The maximum absolute atomic E-state index is 12.9. The molecule has 32 heavy (non-hydrogen) atoms. The van der Waals surface area contributed by atoms with Crippen molar-refractivity contribution in [3.8, 4) is 17.0 Å². The zero-order chi connectivity index (χ0) is 22.8. The molecule has 4 aromatic rings. The van der Waals surface area contributed by atoms with Gasteiger partial charge in [-0.2, -0.15) is 0 Å². The van der Waals surface area contributed by atoms with E-state index >= 15 is 0 Å². The zero-order valence-electron chi connectivity index (χ0n) is 18.4. The van der Waals surface area contributed by atoms with Crippen molar-refractivity contribution in [1.29, 1.82) is 0 Å². The van der Waals surface area contributed by atoms with E-state index in [1.165, 1.54) is 7.11 Å². The molecular weight excluding hydrogens is 408 g/mol. The number of hydrogen-bond donors (Lipinski definition) is 0. The molecule has 7 heteroatoms. The zero-order valence-corrected chi connectivity index (χ0v) is 18.4. The van der Waals surface area contributed by atoms with Gasteiger partial charge >= 0.3 is 11.9 Å². The van der Waals surface area contributed by atoms with Gasteiger partial charge < -0.3 is 14.2 Å². The van der Waals surface area contributed by atoms with E-state index in [0.29, 0.717) is 22.7 Å². The number of aromatic nitrogens is 2. The molecule has 2 aromatic heterocycles. The van der Waals surface area contributed by atoms with Crippen LogP contribution in [0.2, 0.25) is 0 Å². The van der Waals surface area contributed by atoms with E-state index in [0.717, 1.165) is 22.2 Å². The molecule has 7 nitrogen and oxygen atoms in total. The third-order valence-corrected chi connectivity index (χ3v) is 5.36. The van der Waals surface area contributed by atoms with Crippen molar-refractivity contribution in [2.75, 3.05) is 20.8 Å². The number of esters is 2. The number of ether oxygens (including phenoxy) is 3. The Balaban J connectivity index is 2.09. The average molecular weight is 432 g/mol. The maximum atomic E-state index is 12.9. The van der Waals surface area contributed by atoms with Crippen molar-refractivity contribution in [2.24, 2.45) is 0 Å². The monoisotopic (exact) mass is 432 g/mol. The highest BCUT2D eigenvalue weighted by atomic mass is 16.5. The summed E-state index contributed by atoms with van der Waals surface area (Å²) in [5.41, 5.74) is 3.77. The van der Waals surface area contributed by atoms with E-state index in [-0.39, 0.29) is 6.61 Å². The Kier molecular flexibility index (Phi) is 5.73. The van der Waals surface area contributed by atoms with Gasteiger partial charge in [0.05, 0.1) is 43.3 Å². The number of hydrogen-bond acceptors (Lipinski definition) is 5. The fourth-order valence-corrected chi connectivity index (χ4v) is 3.86. The quantitative estimate of drug-likeness (QED) is 0.413. The Bertz CT molecular complexity index is 1300. The van der Waals surface area contributed by atoms with Gasteiger partial charge in [-0.3, -0.25) is 4.68 Å². The molecule has 2 heterocycles. The Morgan fingerprint density at radius 1 is 0.906 bits per heavy atom. The molecule has 0 saturated heterocycles. The molecule has 0 bridgehead atoms. The number of rotatable bonds is 6. The van der Waals surface area contributed by atoms with Crippen molar-refractivity contribution >= 4 is 22.8 Å². The van der Waals surface area contributed by atoms with Crippen molar-refractivity contribution in [1.82, 2.24) is 9.35 Å². The summed E-state index contributed by atoms with van der Waals surface area (Å²) in [6.45, 7) is 3.83. The molecule has 4 rings (SSSR count). The molecule has 0 N–H and O–H groups in total. The molecule has 164 valence electrons. The lowest BCUT2D eigenvalue weighted by atomic mass is 10.1. The van der Waals surface area contributed by atoms with Crippen LogP contribution >= 0.6 is 0 Å². The Labute approximate surface area is 185 Å². The van der Waals surface area contributed by atoms with Crippen molar-refractivity contribution in [2.45, 2.75) is 13.8 Å². The first-order valence-corrected chi connectivity index (χ1v) is 10.2. The third kappa shape index (κ3) is 3.51. The lowest BCUT2D eigenvalue weighted by Crippen LogP contribution is -2.20. The molecule has 0 aliphatic carbocycles. The van der Waals surface area contributed by atoms with E-state index in [4.69, 9.17) is 14.2 Å². The molecule has 0 aliphatic rings. The fraction of sp³-hybridized carbons (Fsp3) is 0.200. The van der Waals surface area contributed by atoms with E-state index < -0.39 is 11.9 Å². The summed E-state index contributed by atoms with van der Waals surface area (Å²) < 4.78 is 19.3. The van der Waals surface area contributed by atoms with Gasteiger partial charge in [0, 0.05) is 10.9 Å². The van der Waals surface area contributed by atoms with E-state index in [1.54, 1.807) is 30.8 Å². The van der Waals surface area contributed by atoms with Crippen molar-refractivity contribution in [3.63, 3.8) is 0 Å². The van der Waals surface area contributed by atoms with E-state index in [9.17, 15) is 9.59 Å². The molecule has 0 aliphatic heterocycles. The van der Waals surface area contributed by atoms with Crippen LogP contribution in [0.25, 0.3) is 22.2 Å². The van der Waals surface area contributed by atoms with Crippen molar-refractivity contribution < 1.29 is 23.8 Å². The number of fused-ring (bicyclic) bond motifs is 1. The summed E-state index contributed by atoms with van der Waals surface area (Å²) in [5.74, 6) is -0.239. The van der Waals surface area contributed by atoms with Crippen LogP contribution in [0.4, 0.5) is 0 Å². The lowest BCUT2D eigenvalue weighted by Gasteiger charge is -2.18. The van der Waals surface area contributed by atoms with Crippen molar-refractivity contribution in [3.05, 3.63) is 77.6 Å². The molecule has 0 atom stereocenters. The molecule has 2 aromatic carbocycles. The summed E-state index contributed by atoms with van der Waals surface area (Å²) in [4.78, 5) is 25.5. The van der Waals surface area contributed by atoms with Gasteiger partial charge in [-0.15, -0.1) is 0 Å². The number of carbonyl (C=O) groups is 2. The first-order valence-electron chi connectivity index (χ1n) is 10.2.